The highest BCUT2D eigenvalue weighted by atomic mass is 15.0. The van der Waals surface area contributed by atoms with E-state index in [1.54, 1.807) is 0 Å². The predicted molar refractivity (Wildman–Crippen MR) is 70.8 cm³/mol. The molecule has 0 spiro atoms. The molecule has 0 fully saturated rings. The second-order valence-electron chi connectivity index (χ2n) is 4.32. The van der Waals surface area contributed by atoms with Crippen LogP contribution in [0.3, 0.4) is 0 Å². The van der Waals surface area contributed by atoms with E-state index in [1.165, 1.54) is 11.3 Å². The van der Waals surface area contributed by atoms with Crippen molar-refractivity contribution in [3.63, 3.8) is 0 Å². The molecule has 0 unspecified atom stereocenters. The van der Waals surface area contributed by atoms with E-state index in [0.717, 1.165) is 31.5 Å². The lowest BCUT2D eigenvalue weighted by Gasteiger charge is -2.07. The van der Waals surface area contributed by atoms with Crippen molar-refractivity contribution in [2.75, 3.05) is 5.73 Å². The molecule has 0 aliphatic heterocycles. The Morgan fingerprint density at radius 3 is 2.65 bits per heavy atom. The summed E-state index contributed by atoms with van der Waals surface area (Å²) in [5.41, 5.74) is 9.13. The molecule has 90 valence electrons. The van der Waals surface area contributed by atoms with Crippen molar-refractivity contribution in [3.8, 4) is 0 Å². The number of aromatic nitrogens is 2. The van der Waals surface area contributed by atoms with Gasteiger partial charge in [-0.05, 0) is 30.5 Å². The van der Waals surface area contributed by atoms with Crippen LogP contribution in [0.25, 0.3) is 0 Å². The molecule has 3 nitrogen and oxygen atoms in total. The summed E-state index contributed by atoms with van der Waals surface area (Å²) in [6.07, 6.45) is 7.16. The maximum absolute atomic E-state index is 5.67. The van der Waals surface area contributed by atoms with Crippen molar-refractivity contribution in [1.29, 1.82) is 0 Å². The number of benzene rings is 1. The number of anilines is 1. The lowest BCUT2D eigenvalue weighted by molar-refractivity contribution is 0.653. The second kappa shape index (κ2) is 5.53. The van der Waals surface area contributed by atoms with Gasteiger partial charge in [0, 0.05) is 24.1 Å². The summed E-state index contributed by atoms with van der Waals surface area (Å²) in [5.74, 6) is 0. The van der Waals surface area contributed by atoms with E-state index in [1.807, 2.05) is 24.7 Å². The van der Waals surface area contributed by atoms with Crippen molar-refractivity contribution in [3.05, 3.63) is 48.0 Å². The van der Waals surface area contributed by atoms with E-state index in [9.17, 15) is 0 Å². The van der Waals surface area contributed by atoms with Crippen molar-refractivity contribution < 1.29 is 0 Å². The Balaban J connectivity index is 1.97. The number of hydrogen-bond donors (Lipinski definition) is 1. The fourth-order valence-electron chi connectivity index (χ4n) is 1.95. The molecule has 1 aromatic heterocycles. The smallest absolute Gasteiger partial charge is 0.0948 e. The minimum atomic E-state index is 0.822. The highest BCUT2D eigenvalue weighted by Crippen LogP contribution is 2.09. The topological polar surface area (TPSA) is 43.8 Å². The largest absolute Gasteiger partial charge is 0.399 e. The van der Waals surface area contributed by atoms with Gasteiger partial charge in [-0.25, -0.2) is 4.98 Å². The summed E-state index contributed by atoms with van der Waals surface area (Å²) in [4.78, 5) is 4.21. The fourth-order valence-corrected chi connectivity index (χ4v) is 1.95. The molecule has 2 rings (SSSR count). The number of hydrogen-bond acceptors (Lipinski definition) is 2. The molecule has 0 amide bonds. The molecule has 0 saturated carbocycles. The van der Waals surface area contributed by atoms with Gasteiger partial charge in [0.25, 0.3) is 0 Å². The number of nitrogens with zero attached hydrogens (tertiary/aromatic N) is 2. The quantitative estimate of drug-likeness (QED) is 0.801. The van der Waals surface area contributed by atoms with Crippen molar-refractivity contribution >= 4 is 5.69 Å². The summed E-state index contributed by atoms with van der Waals surface area (Å²) in [7, 11) is 0. The molecule has 0 aliphatic rings. The molecule has 0 bridgehead atoms. The molecule has 2 N–H and O–H groups in total. The van der Waals surface area contributed by atoms with Gasteiger partial charge in [-0.15, -0.1) is 0 Å². The molecule has 2 aromatic rings. The fraction of sp³-hybridized carbons (Fsp3) is 0.357. The van der Waals surface area contributed by atoms with Gasteiger partial charge < -0.3 is 10.3 Å². The lowest BCUT2D eigenvalue weighted by atomic mass is 10.1. The first kappa shape index (κ1) is 11.7. The molecule has 17 heavy (non-hydrogen) atoms. The van der Waals surface area contributed by atoms with Crippen LogP contribution in [0, 0.1) is 0 Å². The van der Waals surface area contributed by atoms with Crippen LogP contribution in [0.5, 0.6) is 0 Å². The van der Waals surface area contributed by atoms with Crippen LogP contribution in [0.1, 0.15) is 24.6 Å². The SMILES string of the molecule is CCCc1cncn1CCc1ccc(N)cc1. The number of nitrogen functional groups attached to an aromatic ring is 1. The Hall–Kier alpha value is -1.77. The summed E-state index contributed by atoms with van der Waals surface area (Å²) in [5, 5.41) is 0. The molecule has 0 atom stereocenters. The van der Waals surface area contributed by atoms with Crippen LogP contribution in [0.4, 0.5) is 5.69 Å². The van der Waals surface area contributed by atoms with Gasteiger partial charge in [0.15, 0.2) is 0 Å². The number of nitrogens with two attached hydrogens (primary N) is 1. The van der Waals surface area contributed by atoms with Gasteiger partial charge in [0.05, 0.1) is 6.33 Å². The zero-order chi connectivity index (χ0) is 12.1. The van der Waals surface area contributed by atoms with Gasteiger partial charge in [-0.3, -0.25) is 0 Å². The molecule has 1 heterocycles. The van der Waals surface area contributed by atoms with E-state index < -0.39 is 0 Å². The first-order chi connectivity index (χ1) is 8.29. The van der Waals surface area contributed by atoms with Crippen LogP contribution in [0.2, 0.25) is 0 Å². The van der Waals surface area contributed by atoms with E-state index in [0.29, 0.717) is 0 Å². The molecule has 1 aromatic carbocycles. The first-order valence-corrected chi connectivity index (χ1v) is 6.13. The second-order valence-corrected chi connectivity index (χ2v) is 4.32. The van der Waals surface area contributed by atoms with Gasteiger partial charge in [0.2, 0.25) is 0 Å². The van der Waals surface area contributed by atoms with Crippen molar-refractivity contribution in [2.24, 2.45) is 0 Å². The van der Waals surface area contributed by atoms with E-state index in [2.05, 4.69) is 28.6 Å². The highest BCUT2D eigenvalue weighted by Gasteiger charge is 2.01. The number of aryl methyl sites for hydroxylation is 3. The predicted octanol–water partition coefficient (Wildman–Crippen LogP) is 2.66. The monoisotopic (exact) mass is 229 g/mol. The number of rotatable bonds is 5. The average molecular weight is 229 g/mol. The Labute approximate surface area is 102 Å². The molecular weight excluding hydrogens is 210 g/mol. The molecular formula is C14H19N3. The van der Waals surface area contributed by atoms with Crippen molar-refractivity contribution in [1.82, 2.24) is 9.55 Å². The third-order valence-electron chi connectivity index (χ3n) is 2.93. The minimum Gasteiger partial charge on any atom is -0.399 e. The lowest BCUT2D eigenvalue weighted by Crippen LogP contribution is -2.04. The standard InChI is InChI=1S/C14H19N3/c1-2-3-14-10-16-11-17(14)9-8-12-4-6-13(15)7-5-12/h4-7,10-11H,2-3,8-9,15H2,1H3. The summed E-state index contributed by atoms with van der Waals surface area (Å²) in [6.45, 7) is 3.18. The van der Waals surface area contributed by atoms with E-state index in [-0.39, 0.29) is 0 Å². The molecule has 0 radical (unpaired) electrons. The Morgan fingerprint density at radius 1 is 1.18 bits per heavy atom. The first-order valence-electron chi connectivity index (χ1n) is 6.13. The van der Waals surface area contributed by atoms with Crippen LogP contribution >= 0.6 is 0 Å². The third kappa shape index (κ3) is 3.09. The highest BCUT2D eigenvalue weighted by molar-refractivity contribution is 5.39. The normalized spacial score (nSPS) is 10.6. The van der Waals surface area contributed by atoms with Gasteiger partial charge in [-0.2, -0.15) is 0 Å². The van der Waals surface area contributed by atoms with Crippen LogP contribution in [-0.4, -0.2) is 9.55 Å². The zero-order valence-electron chi connectivity index (χ0n) is 10.3. The van der Waals surface area contributed by atoms with Crippen molar-refractivity contribution in [2.45, 2.75) is 32.7 Å². The minimum absolute atomic E-state index is 0.822. The van der Waals surface area contributed by atoms with Crippen LogP contribution in [-0.2, 0) is 19.4 Å². The van der Waals surface area contributed by atoms with E-state index >= 15 is 0 Å². The molecule has 0 aliphatic carbocycles. The Morgan fingerprint density at radius 2 is 1.94 bits per heavy atom. The van der Waals surface area contributed by atoms with Gasteiger partial charge in [-0.1, -0.05) is 25.5 Å². The summed E-state index contributed by atoms with van der Waals surface area (Å²) in [6, 6.07) is 8.09. The Kier molecular flexibility index (Phi) is 3.81. The zero-order valence-corrected chi connectivity index (χ0v) is 10.3. The van der Waals surface area contributed by atoms with Gasteiger partial charge in [0.1, 0.15) is 0 Å². The average Bonchev–Trinajstić information content (AvgIpc) is 2.77. The summed E-state index contributed by atoms with van der Waals surface area (Å²) < 4.78 is 2.24. The molecule has 3 heteroatoms. The molecule has 0 saturated heterocycles. The maximum atomic E-state index is 5.67. The van der Waals surface area contributed by atoms with Gasteiger partial charge >= 0.3 is 0 Å². The van der Waals surface area contributed by atoms with Crippen LogP contribution in [0.15, 0.2) is 36.8 Å². The van der Waals surface area contributed by atoms with E-state index in [4.69, 9.17) is 5.73 Å². The number of imidazole rings is 1. The van der Waals surface area contributed by atoms with Crippen LogP contribution < -0.4 is 5.73 Å². The summed E-state index contributed by atoms with van der Waals surface area (Å²) >= 11 is 0. The Bertz CT molecular complexity index is 457. The maximum Gasteiger partial charge on any atom is 0.0948 e. The third-order valence-corrected chi connectivity index (χ3v) is 2.93.